The van der Waals surface area contributed by atoms with Crippen LogP contribution in [0.3, 0.4) is 0 Å². The molecule has 0 bridgehead atoms. The molecule has 0 aliphatic carbocycles. The summed E-state index contributed by atoms with van der Waals surface area (Å²) in [6.45, 7) is 1.80. The number of carbonyl (C=O) groups is 1. The summed E-state index contributed by atoms with van der Waals surface area (Å²) in [5, 5.41) is 12.0. The van der Waals surface area contributed by atoms with E-state index < -0.39 is 15.9 Å². The van der Waals surface area contributed by atoms with Gasteiger partial charge < -0.3 is 10.1 Å². The Morgan fingerprint density at radius 1 is 1.00 bits per heavy atom. The van der Waals surface area contributed by atoms with Crippen LogP contribution in [0.15, 0.2) is 90.2 Å². The zero-order valence-electron chi connectivity index (χ0n) is 18.5. The Morgan fingerprint density at radius 2 is 1.74 bits per heavy atom. The summed E-state index contributed by atoms with van der Waals surface area (Å²) >= 11 is 0. The molecule has 0 atom stereocenters. The van der Waals surface area contributed by atoms with Crippen molar-refractivity contribution in [3.05, 3.63) is 102 Å². The molecule has 174 valence electrons. The minimum absolute atomic E-state index is 0.0230. The van der Waals surface area contributed by atoms with Crippen LogP contribution in [0.1, 0.15) is 21.5 Å². The van der Waals surface area contributed by atoms with Crippen molar-refractivity contribution >= 4 is 27.3 Å². The smallest absolute Gasteiger partial charge is 0.261 e. The predicted octanol–water partition coefficient (Wildman–Crippen LogP) is 4.50. The molecule has 0 saturated heterocycles. The third-order valence-electron chi connectivity index (χ3n) is 4.91. The highest BCUT2D eigenvalue weighted by molar-refractivity contribution is 7.92. The summed E-state index contributed by atoms with van der Waals surface area (Å²) < 4.78 is 33.3. The van der Waals surface area contributed by atoms with Gasteiger partial charge in [-0.1, -0.05) is 0 Å². The van der Waals surface area contributed by atoms with Crippen molar-refractivity contribution in [1.29, 1.82) is 5.26 Å². The number of benzene rings is 2. The first-order valence-electron chi connectivity index (χ1n) is 10.3. The second-order valence-electron chi connectivity index (χ2n) is 7.37. The van der Waals surface area contributed by atoms with Crippen molar-refractivity contribution in [2.45, 2.75) is 11.8 Å². The van der Waals surface area contributed by atoms with Gasteiger partial charge in [-0.25, -0.2) is 13.4 Å². The van der Waals surface area contributed by atoms with Gasteiger partial charge in [0.05, 0.1) is 10.6 Å². The van der Waals surface area contributed by atoms with Crippen molar-refractivity contribution < 1.29 is 17.9 Å². The van der Waals surface area contributed by atoms with Gasteiger partial charge in [0.15, 0.2) is 0 Å². The molecule has 2 aromatic carbocycles. The number of rotatable bonds is 7. The molecule has 2 aromatic heterocycles. The lowest BCUT2D eigenvalue weighted by molar-refractivity contribution is 0.102. The molecule has 0 aliphatic rings. The third kappa shape index (κ3) is 5.61. The van der Waals surface area contributed by atoms with E-state index in [1.807, 2.05) is 6.07 Å². The quantitative estimate of drug-likeness (QED) is 0.393. The second-order valence-corrected chi connectivity index (χ2v) is 9.05. The van der Waals surface area contributed by atoms with Gasteiger partial charge in [-0.15, -0.1) is 0 Å². The average molecular weight is 486 g/mol. The molecule has 2 N–H and O–H groups in total. The number of amides is 1. The van der Waals surface area contributed by atoms with Crippen LogP contribution in [0, 0.1) is 18.3 Å². The van der Waals surface area contributed by atoms with Crippen molar-refractivity contribution in [2.75, 3.05) is 10.0 Å². The van der Waals surface area contributed by atoms with Gasteiger partial charge >= 0.3 is 0 Å². The molecule has 9 nitrogen and oxygen atoms in total. The number of nitrogens with one attached hydrogen (secondary N) is 2. The van der Waals surface area contributed by atoms with Gasteiger partial charge in [-0.2, -0.15) is 5.26 Å². The summed E-state index contributed by atoms with van der Waals surface area (Å²) in [4.78, 5) is 20.7. The summed E-state index contributed by atoms with van der Waals surface area (Å²) in [6, 6.07) is 19.0. The number of aryl methyl sites for hydroxylation is 1. The van der Waals surface area contributed by atoms with Crippen LogP contribution in [0.4, 0.5) is 11.4 Å². The fourth-order valence-corrected chi connectivity index (χ4v) is 4.18. The highest BCUT2D eigenvalue weighted by atomic mass is 32.2. The third-order valence-corrected chi connectivity index (χ3v) is 6.31. The summed E-state index contributed by atoms with van der Waals surface area (Å²) in [6.07, 6.45) is 4.49. The van der Waals surface area contributed by atoms with Crippen LogP contribution < -0.4 is 14.8 Å². The zero-order chi connectivity index (χ0) is 24.8. The van der Waals surface area contributed by atoms with Crippen LogP contribution in [-0.2, 0) is 10.0 Å². The summed E-state index contributed by atoms with van der Waals surface area (Å²) in [7, 11) is -3.81. The van der Waals surface area contributed by atoms with E-state index in [2.05, 4.69) is 20.0 Å². The average Bonchev–Trinajstić information content (AvgIpc) is 2.86. The fraction of sp³-hybridized carbons (Fsp3) is 0.0400. The number of ether oxygens (including phenoxy) is 1. The van der Waals surface area contributed by atoms with Crippen LogP contribution >= 0.6 is 0 Å². The maximum Gasteiger partial charge on any atom is 0.261 e. The lowest BCUT2D eigenvalue weighted by atomic mass is 10.1. The number of hydrogen-bond donors (Lipinski definition) is 2. The number of carbonyl (C=O) groups excluding carboxylic acids is 1. The Labute approximate surface area is 202 Å². The van der Waals surface area contributed by atoms with Crippen LogP contribution in [-0.4, -0.2) is 24.3 Å². The van der Waals surface area contributed by atoms with E-state index in [4.69, 9.17) is 4.74 Å². The van der Waals surface area contributed by atoms with E-state index in [9.17, 15) is 18.5 Å². The molecule has 4 rings (SSSR count). The van der Waals surface area contributed by atoms with Gasteiger partial charge in [0.25, 0.3) is 15.9 Å². The van der Waals surface area contributed by atoms with Gasteiger partial charge in [-0.05, 0) is 79.2 Å². The first-order chi connectivity index (χ1) is 16.9. The predicted molar refractivity (Wildman–Crippen MR) is 130 cm³/mol. The molecule has 0 spiro atoms. The van der Waals surface area contributed by atoms with Crippen molar-refractivity contribution in [3.8, 4) is 17.7 Å². The number of sulfonamides is 1. The number of anilines is 2. The normalized spacial score (nSPS) is 10.7. The molecular weight excluding hydrogens is 466 g/mol. The van der Waals surface area contributed by atoms with E-state index in [-0.39, 0.29) is 10.8 Å². The van der Waals surface area contributed by atoms with Crippen molar-refractivity contribution in [1.82, 2.24) is 9.97 Å². The topological polar surface area (TPSA) is 134 Å². The minimum atomic E-state index is -3.81. The molecule has 0 saturated carbocycles. The van der Waals surface area contributed by atoms with Gasteiger partial charge in [0.2, 0.25) is 5.88 Å². The van der Waals surface area contributed by atoms with E-state index in [0.29, 0.717) is 28.3 Å². The van der Waals surface area contributed by atoms with Crippen molar-refractivity contribution in [3.63, 3.8) is 0 Å². The second kappa shape index (κ2) is 10.0. The molecular formula is C25H19N5O4S. The Kier molecular flexibility index (Phi) is 6.71. The Morgan fingerprint density at radius 3 is 2.43 bits per heavy atom. The van der Waals surface area contributed by atoms with Crippen LogP contribution in [0.2, 0.25) is 0 Å². The standard InChI is InChI=1S/C25H19N5O4S/c1-17-15-21(34-25-19(16-26)3-2-12-28-25)6-9-23(17)29-24(31)18-4-7-22(8-5-18)35(32,33)30-20-10-13-27-14-11-20/h2-15H,1H3,(H,27,30)(H,29,31). The lowest BCUT2D eigenvalue weighted by Crippen LogP contribution is -2.15. The molecule has 0 aliphatic heterocycles. The van der Waals surface area contributed by atoms with Crippen LogP contribution in [0.25, 0.3) is 0 Å². The molecule has 1 amide bonds. The number of nitrogens with zero attached hydrogens (tertiary/aromatic N) is 3. The first kappa shape index (κ1) is 23.4. The van der Waals surface area contributed by atoms with Crippen molar-refractivity contribution in [2.24, 2.45) is 0 Å². The zero-order valence-corrected chi connectivity index (χ0v) is 19.3. The number of hydrogen-bond acceptors (Lipinski definition) is 7. The lowest BCUT2D eigenvalue weighted by Gasteiger charge is -2.12. The highest BCUT2D eigenvalue weighted by Crippen LogP contribution is 2.27. The van der Waals surface area contributed by atoms with E-state index in [1.165, 1.54) is 55.0 Å². The van der Waals surface area contributed by atoms with Gasteiger partial charge in [0.1, 0.15) is 17.4 Å². The van der Waals surface area contributed by atoms with E-state index in [1.54, 1.807) is 37.3 Å². The number of pyridine rings is 2. The summed E-state index contributed by atoms with van der Waals surface area (Å²) in [5.41, 5.74) is 2.27. The molecule has 35 heavy (non-hydrogen) atoms. The Hall–Kier alpha value is -4.75. The molecule has 0 unspecified atom stereocenters. The highest BCUT2D eigenvalue weighted by Gasteiger charge is 2.16. The molecule has 4 aromatic rings. The minimum Gasteiger partial charge on any atom is -0.438 e. The molecule has 10 heteroatoms. The van der Waals surface area contributed by atoms with Gasteiger partial charge in [-0.3, -0.25) is 14.5 Å². The maximum atomic E-state index is 12.7. The fourth-order valence-electron chi connectivity index (χ4n) is 3.12. The number of nitriles is 1. The molecule has 2 heterocycles. The molecule has 0 radical (unpaired) electrons. The SMILES string of the molecule is Cc1cc(Oc2ncccc2C#N)ccc1NC(=O)c1ccc(S(=O)(=O)Nc2ccncc2)cc1. The monoisotopic (exact) mass is 485 g/mol. The van der Waals surface area contributed by atoms with E-state index in [0.717, 1.165) is 5.56 Å². The van der Waals surface area contributed by atoms with Gasteiger partial charge in [0, 0.05) is 29.8 Å². The maximum absolute atomic E-state index is 12.7. The molecule has 0 fully saturated rings. The van der Waals surface area contributed by atoms with Crippen LogP contribution in [0.5, 0.6) is 11.6 Å². The summed E-state index contributed by atoms with van der Waals surface area (Å²) in [5.74, 6) is 0.260. The number of aromatic nitrogens is 2. The Bertz CT molecular complexity index is 1520. The van der Waals surface area contributed by atoms with E-state index >= 15 is 0 Å². The first-order valence-corrected chi connectivity index (χ1v) is 11.8. The Balaban J connectivity index is 1.44. The largest absolute Gasteiger partial charge is 0.438 e.